The van der Waals surface area contributed by atoms with Crippen LogP contribution in [0.1, 0.15) is 25.8 Å². The molecule has 0 radical (unpaired) electrons. The quantitative estimate of drug-likeness (QED) is 0.232. The van der Waals surface area contributed by atoms with Crippen LogP contribution in [0, 0.1) is 5.92 Å². The fraction of sp³-hybridized carbons (Fsp3) is 0.524. The van der Waals surface area contributed by atoms with Gasteiger partial charge in [0.05, 0.1) is 12.6 Å². The lowest BCUT2D eigenvalue weighted by molar-refractivity contribution is -0.142. The third kappa shape index (κ3) is 9.56. The van der Waals surface area contributed by atoms with E-state index in [1.807, 2.05) is 6.26 Å². The number of carbonyl (C=O) groups is 4. The molecule has 0 aliphatic heterocycles. The summed E-state index contributed by atoms with van der Waals surface area (Å²) < 4.78 is 0. The van der Waals surface area contributed by atoms with Gasteiger partial charge in [0, 0.05) is 6.42 Å². The number of hydrogen-bond donors (Lipinski definition) is 6. The number of carbonyl (C=O) groups excluding carboxylic acids is 3. The van der Waals surface area contributed by atoms with Crippen LogP contribution in [0.15, 0.2) is 24.3 Å². The predicted octanol–water partition coefficient (Wildman–Crippen LogP) is -0.158. The van der Waals surface area contributed by atoms with E-state index in [2.05, 4.69) is 16.0 Å². The topological polar surface area (TPSA) is 171 Å². The summed E-state index contributed by atoms with van der Waals surface area (Å²) in [5.41, 5.74) is 6.35. The molecule has 1 aromatic rings. The lowest BCUT2D eigenvalue weighted by Crippen LogP contribution is -2.54. The molecule has 3 unspecified atom stereocenters. The molecule has 178 valence electrons. The fourth-order valence-electron chi connectivity index (χ4n) is 2.68. The molecule has 0 aliphatic carbocycles. The first-order valence-electron chi connectivity index (χ1n) is 10.2. The van der Waals surface area contributed by atoms with Gasteiger partial charge >= 0.3 is 5.97 Å². The summed E-state index contributed by atoms with van der Waals surface area (Å²) in [6.45, 7) is 3.21. The summed E-state index contributed by atoms with van der Waals surface area (Å²) >= 11 is 1.47. The van der Waals surface area contributed by atoms with E-state index in [-0.39, 0.29) is 31.1 Å². The Kier molecular flexibility index (Phi) is 11.6. The molecule has 3 atom stereocenters. The van der Waals surface area contributed by atoms with Crippen LogP contribution in [-0.2, 0) is 25.6 Å². The molecule has 32 heavy (non-hydrogen) atoms. The zero-order chi connectivity index (χ0) is 24.3. The molecule has 11 heteroatoms. The zero-order valence-electron chi connectivity index (χ0n) is 18.5. The van der Waals surface area contributed by atoms with E-state index in [0.29, 0.717) is 11.3 Å². The van der Waals surface area contributed by atoms with E-state index in [0.717, 1.165) is 0 Å². The summed E-state index contributed by atoms with van der Waals surface area (Å²) in [7, 11) is 0. The van der Waals surface area contributed by atoms with Crippen LogP contribution >= 0.6 is 11.8 Å². The van der Waals surface area contributed by atoms with Crippen LogP contribution in [0.4, 0.5) is 0 Å². The number of aromatic hydroxyl groups is 1. The maximum atomic E-state index is 12.7. The summed E-state index contributed by atoms with van der Waals surface area (Å²) in [6, 6.07) is 3.05. The normalized spacial score (nSPS) is 13.7. The first-order valence-corrected chi connectivity index (χ1v) is 11.6. The third-order valence-corrected chi connectivity index (χ3v) is 5.34. The monoisotopic (exact) mass is 468 g/mol. The molecule has 0 saturated heterocycles. The Bertz CT molecular complexity index is 787. The maximum Gasteiger partial charge on any atom is 0.326 e. The van der Waals surface area contributed by atoms with Gasteiger partial charge < -0.3 is 31.9 Å². The van der Waals surface area contributed by atoms with Gasteiger partial charge in [-0.15, -0.1) is 0 Å². The average Bonchev–Trinajstić information content (AvgIpc) is 2.74. The first-order chi connectivity index (χ1) is 15.0. The number of phenols is 1. The first kappa shape index (κ1) is 27.2. The summed E-state index contributed by atoms with van der Waals surface area (Å²) in [6.07, 6.45) is 2.13. The second-order valence-electron chi connectivity index (χ2n) is 7.66. The standard InChI is InChI=1S/C21H32N4O6S/c1-12(2)18(22)20(29)23-11-17(27)24-15(8-9-32-3)19(28)25-16(21(30)31)10-13-4-6-14(26)7-5-13/h4-7,12,15-16,18,26H,8-11,22H2,1-3H3,(H,23,29)(H,24,27)(H,25,28)(H,30,31). The number of carboxylic acids is 1. The van der Waals surface area contributed by atoms with E-state index in [9.17, 15) is 29.4 Å². The van der Waals surface area contributed by atoms with Gasteiger partial charge in [0.15, 0.2) is 0 Å². The molecule has 0 aliphatic rings. The predicted molar refractivity (Wildman–Crippen MR) is 122 cm³/mol. The number of nitrogens with two attached hydrogens (primary N) is 1. The molecule has 0 bridgehead atoms. The van der Waals surface area contributed by atoms with Crippen molar-refractivity contribution >= 4 is 35.5 Å². The van der Waals surface area contributed by atoms with Gasteiger partial charge in [0.2, 0.25) is 17.7 Å². The van der Waals surface area contributed by atoms with Crippen molar-refractivity contribution in [3.8, 4) is 5.75 Å². The second kappa shape index (κ2) is 13.6. The summed E-state index contributed by atoms with van der Waals surface area (Å²) in [4.78, 5) is 48.6. The summed E-state index contributed by atoms with van der Waals surface area (Å²) in [5, 5.41) is 26.3. The molecule has 1 aromatic carbocycles. The molecule has 10 nitrogen and oxygen atoms in total. The van der Waals surface area contributed by atoms with Crippen molar-refractivity contribution < 1.29 is 29.4 Å². The van der Waals surface area contributed by atoms with Crippen LogP contribution in [-0.4, -0.2) is 70.6 Å². The Labute approximate surface area is 191 Å². The van der Waals surface area contributed by atoms with Crippen molar-refractivity contribution in [2.75, 3.05) is 18.6 Å². The Morgan fingerprint density at radius 2 is 1.66 bits per heavy atom. The van der Waals surface area contributed by atoms with E-state index in [4.69, 9.17) is 5.73 Å². The van der Waals surface area contributed by atoms with Crippen molar-refractivity contribution in [1.29, 1.82) is 0 Å². The van der Waals surface area contributed by atoms with Gasteiger partial charge in [-0.3, -0.25) is 14.4 Å². The number of rotatable bonds is 13. The molecule has 0 fully saturated rings. The lowest BCUT2D eigenvalue weighted by Gasteiger charge is -2.22. The van der Waals surface area contributed by atoms with Gasteiger partial charge in [-0.1, -0.05) is 26.0 Å². The summed E-state index contributed by atoms with van der Waals surface area (Å²) in [5.74, 6) is -2.41. The van der Waals surface area contributed by atoms with Gasteiger partial charge in [0.25, 0.3) is 0 Å². The molecule has 3 amide bonds. The van der Waals surface area contributed by atoms with Crippen LogP contribution < -0.4 is 21.7 Å². The minimum absolute atomic E-state index is 0.00763. The Balaban J connectivity index is 2.75. The van der Waals surface area contributed by atoms with Crippen molar-refractivity contribution in [2.24, 2.45) is 11.7 Å². The highest BCUT2D eigenvalue weighted by molar-refractivity contribution is 7.98. The molecule has 0 saturated carbocycles. The van der Waals surface area contributed by atoms with Crippen molar-refractivity contribution in [3.63, 3.8) is 0 Å². The molecular formula is C21H32N4O6S. The molecule has 0 aromatic heterocycles. The molecule has 0 spiro atoms. The maximum absolute atomic E-state index is 12.7. The lowest BCUT2D eigenvalue weighted by atomic mass is 10.0. The van der Waals surface area contributed by atoms with Gasteiger partial charge in [-0.25, -0.2) is 4.79 Å². The van der Waals surface area contributed by atoms with E-state index in [1.54, 1.807) is 26.0 Å². The number of carboxylic acid groups (broad SMARTS) is 1. The highest BCUT2D eigenvalue weighted by Crippen LogP contribution is 2.12. The number of aliphatic carboxylic acids is 1. The average molecular weight is 469 g/mol. The zero-order valence-corrected chi connectivity index (χ0v) is 19.3. The molecule has 1 rings (SSSR count). The SMILES string of the molecule is CSCCC(NC(=O)CNC(=O)C(N)C(C)C)C(=O)NC(Cc1ccc(O)cc1)C(=O)O. The largest absolute Gasteiger partial charge is 0.508 e. The van der Waals surface area contributed by atoms with E-state index in [1.165, 1.54) is 23.9 Å². The number of hydrogen-bond acceptors (Lipinski definition) is 7. The van der Waals surface area contributed by atoms with Gasteiger partial charge in [-0.05, 0) is 42.0 Å². The third-order valence-electron chi connectivity index (χ3n) is 4.70. The number of nitrogens with one attached hydrogen (secondary N) is 3. The van der Waals surface area contributed by atoms with Crippen LogP contribution in [0.25, 0.3) is 0 Å². The van der Waals surface area contributed by atoms with Crippen LogP contribution in [0.3, 0.4) is 0 Å². The van der Waals surface area contributed by atoms with E-state index >= 15 is 0 Å². The van der Waals surface area contributed by atoms with E-state index < -0.39 is 41.8 Å². The minimum atomic E-state index is -1.23. The highest BCUT2D eigenvalue weighted by atomic mass is 32.2. The van der Waals surface area contributed by atoms with Crippen molar-refractivity contribution in [3.05, 3.63) is 29.8 Å². The second-order valence-corrected chi connectivity index (χ2v) is 8.64. The molecule has 0 heterocycles. The fourth-order valence-corrected chi connectivity index (χ4v) is 3.15. The highest BCUT2D eigenvalue weighted by Gasteiger charge is 2.27. The molecule has 7 N–H and O–H groups in total. The van der Waals surface area contributed by atoms with Crippen LogP contribution in [0.2, 0.25) is 0 Å². The Hall–Kier alpha value is -2.79. The van der Waals surface area contributed by atoms with Gasteiger partial charge in [0.1, 0.15) is 17.8 Å². The van der Waals surface area contributed by atoms with Crippen molar-refractivity contribution in [2.45, 2.75) is 44.8 Å². The number of amides is 3. The van der Waals surface area contributed by atoms with Crippen molar-refractivity contribution in [1.82, 2.24) is 16.0 Å². The number of phenolic OH excluding ortho intramolecular Hbond substituents is 1. The minimum Gasteiger partial charge on any atom is -0.508 e. The van der Waals surface area contributed by atoms with Gasteiger partial charge in [-0.2, -0.15) is 11.8 Å². The smallest absolute Gasteiger partial charge is 0.326 e. The Morgan fingerprint density at radius 1 is 1.03 bits per heavy atom. The number of thioether (sulfide) groups is 1. The number of benzene rings is 1. The molecular weight excluding hydrogens is 436 g/mol. The van der Waals surface area contributed by atoms with Crippen LogP contribution in [0.5, 0.6) is 5.75 Å². The Morgan fingerprint density at radius 3 is 2.19 bits per heavy atom.